The van der Waals surface area contributed by atoms with E-state index < -0.39 is 0 Å². The summed E-state index contributed by atoms with van der Waals surface area (Å²) in [5.41, 5.74) is 0.287. The second-order valence-electron chi connectivity index (χ2n) is 5.98. The van der Waals surface area contributed by atoms with Crippen LogP contribution in [0, 0.1) is 5.92 Å². The lowest BCUT2D eigenvalue weighted by molar-refractivity contribution is 0.142. The molecule has 0 aromatic rings. The Morgan fingerprint density at radius 2 is 1.76 bits per heavy atom. The van der Waals surface area contributed by atoms with Gasteiger partial charge in [-0.3, -0.25) is 0 Å². The van der Waals surface area contributed by atoms with Crippen LogP contribution in [0.15, 0.2) is 0 Å². The lowest BCUT2D eigenvalue weighted by Crippen LogP contribution is -2.51. The lowest BCUT2D eigenvalue weighted by Gasteiger charge is -2.40. The predicted octanol–water partition coefficient (Wildman–Crippen LogP) is 1.70. The van der Waals surface area contributed by atoms with Gasteiger partial charge in [0.05, 0.1) is 0 Å². The zero-order chi connectivity index (χ0) is 12.7. The maximum Gasteiger partial charge on any atom is 0.0154 e. The summed E-state index contributed by atoms with van der Waals surface area (Å²) in [7, 11) is 2.23. The van der Waals surface area contributed by atoms with Crippen molar-refractivity contribution >= 4 is 0 Å². The van der Waals surface area contributed by atoms with Gasteiger partial charge in [-0.25, -0.2) is 0 Å². The molecule has 0 bridgehead atoms. The minimum absolute atomic E-state index is 0.287. The van der Waals surface area contributed by atoms with Gasteiger partial charge in [-0.1, -0.05) is 6.92 Å². The first-order valence-electron chi connectivity index (χ1n) is 7.20. The molecule has 0 saturated carbocycles. The van der Waals surface area contributed by atoms with Crippen LogP contribution in [0.3, 0.4) is 0 Å². The summed E-state index contributed by atoms with van der Waals surface area (Å²) >= 11 is 0. The lowest BCUT2D eigenvalue weighted by atomic mass is 9.80. The molecule has 1 saturated heterocycles. The van der Waals surface area contributed by atoms with Gasteiger partial charge < -0.3 is 15.5 Å². The van der Waals surface area contributed by atoms with Crippen molar-refractivity contribution in [1.29, 1.82) is 0 Å². The molecular formula is C14H31N3. The van der Waals surface area contributed by atoms with Crippen molar-refractivity contribution in [3.8, 4) is 0 Å². The number of rotatable bonds is 7. The van der Waals surface area contributed by atoms with E-state index in [1.807, 2.05) is 0 Å². The largest absolute Gasteiger partial charge is 0.315 e. The molecule has 102 valence electrons. The molecule has 0 unspecified atom stereocenters. The maximum absolute atomic E-state index is 3.72. The monoisotopic (exact) mass is 241 g/mol. The van der Waals surface area contributed by atoms with Crippen molar-refractivity contribution in [1.82, 2.24) is 15.5 Å². The number of nitrogens with one attached hydrogen (secondary N) is 2. The second-order valence-corrected chi connectivity index (χ2v) is 5.98. The number of nitrogens with zero attached hydrogens (tertiary/aromatic N) is 1. The van der Waals surface area contributed by atoms with Crippen molar-refractivity contribution in [2.75, 3.05) is 39.8 Å². The molecule has 0 radical (unpaired) electrons. The summed E-state index contributed by atoms with van der Waals surface area (Å²) in [6.45, 7) is 12.8. The predicted molar refractivity (Wildman–Crippen MR) is 75.5 cm³/mol. The van der Waals surface area contributed by atoms with E-state index in [9.17, 15) is 0 Å². The zero-order valence-electron chi connectivity index (χ0n) is 12.2. The van der Waals surface area contributed by atoms with Gasteiger partial charge in [0.15, 0.2) is 0 Å². The zero-order valence-corrected chi connectivity index (χ0v) is 12.2. The highest BCUT2D eigenvalue weighted by molar-refractivity contribution is 4.89. The molecule has 0 amide bonds. The van der Waals surface area contributed by atoms with E-state index in [0.717, 1.165) is 25.6 Å². The quantitative estimate of drug-likeness (QED) is 0.664. The minimum Gasteiger partial charge on any atom is -0.315 e. The van der Waals surface area contributed by atoms with E-state index in [1.165, 1.54) is 32.4 Å². The number of hydrogen-bond acceptors (Lipinski definition) is 3. The Hall–Kier alpha value is -0.120. The van der Waals surface area contributed by atoms with Crippen molar-refractivity contribution in [3.63, 3.8) is 0 Å². The topological polar surface area (TPSA) is 27.3 Å². The van der Waals surface area contributed by atoms with Gasteiger partial charge >= 0.3 is 0 Å². The molecule has 1 heterocycles. The van der Waals surface area contributed by atoms with Crippen molar-refractivity contribution in [3.05, 3.63) is 0 Å². The number of likely N-dealkylation sites (tertiary alicyclic amines) is 1. The molecular weight excluding hydrogens is 210 g/mol. The molecule has 1 rings (SSSR count). The number of hydrogen-bond donors (Lipinski definition) is 2. The summed E-state index contributed by atoms with van der Waals surface area (Å²) in [5.74, 6) is 0.824. The summed E-state index contributed by atoms with van der Waals surface area (Å²) in [6, 6.07) is 0. The van der Waals surface area contributed by atoms with Crippen LogP contribution in [0.5, 0.6) is 0 Å². The fourth-order valence-corrected chi connectivity index (χ4v) is 2.65. The Morgan fingerprint density at radius 3 is 2.35 bits per heavy atom. The van der Waals surface area contributed by atoms with Gasteiger partial charge in [-0.15, -0.1) is 0 Å². The van der Waals surface area contributed by atoms with Gasteiger partial charge in [0.2, 0.25) is 0 Å². The Bertz CT molecular complexity index is 196. The summed E-state index contributed by atoms with van der Waals surface area (Å²) in [4.78, 5) is 2.44. The maximum atomic E-state index is 3.72. The van der Waals surface area contributed by atoms with Crippen LogP contribution in [0.4, 0.5) is 0 Å². The molecule has 0 aromatic carbocycles. The second kappa shape index (κ2) is 7.34. The van der Waals surface area contributed by atoms with E-state index in [0.29, 0.717) is 0 Å². The Morgan fingerprint density at radius 1 is 1.12 bits per heavy atom. The van der Waals surface area contributed by atoms with Gasteiger partial charge in [0, 0.05) is 18.6 Å². The molecule has 17 heavy (non-hydrogen) atoms. The summed E-state index contributed by atoms with van der Waals surface area (Å²) in [5, 5.41) is 7.17. The fraction of sp³-hybridized carbons (Fsp3) is 1.00. The summed E-state index contributed by atoms with van der Waals surface area (Å²) < 4.78 is 0. The molecule has 3 heteroatoms. The van der Waals surface area contributed by atoms with Gasteiger partial charge in [0.1, 0.15) is 0 Å². The van der Waals surface area contributed by atoms with Crippen LogP contribution in [-0.2, 0) is 0 Å². The highest BCUT2D eigenvalue weighted by Gasteiger charge is 2.30. The molecule has 1 aliphatic rings. The SMILES string of the molecule is CCCNCCNC(C)(C)C1CCN(C)CC1. The van der Waals surface area contributed by atoms with E-state index in [1.54, 1.807) is 0 Å². The van der Waals surface area contributed by atoms with Crippen LogP contribution in [0.2, 0.25) is 0 Å². The fourth-order valence-electron chi connectivity index (χ4n) is 2.65. The van der Waals surface area contributed by atoms with Gasteiger partial charge in [0.25, 0.3) is 0 Å². The average molecular weight is 241 g/mol. The van der Waals surface area contributed by atoms with Crippen LogP contribution < -0.4 is 10.6 Å². The van der Waals surface area contributed by atoms with E-state index >= 15 is 0 Å². The highest BCUT2D eigenvalue weighted by atomic mass is 15.1. The molecule has 0 aliphatic carbocycles. The Balaban J connectivity index is 2.20. The standard InChI is InChI=1S/C14H31N3/c1-5-8-15-9-10-16-14(2,3)13-6-11-17(4)12-7-13/h13,15-16H,5-12H2,1-4H3. The van der Waals surface area contributed by atoms with E-state index in [-0.39, 0.29) is 5.54 Å². The van der Waals surface area contributed by atoms with Crippen molar-refractivity contribution in [2.45, 2.75) is 45.6 Å². The van der Waals surface area contributed by atoms with Crippen LogP contribution in [0.25, 0.3) is 0 Å². The third-order valence-corrected chi connectivity index (χ3v) is 4.05. The number of piperidine rings is 1. The summed E-state index contributed by atoms with van der Waals surface area (Å²) in [6.07, 6.45) is 3.89. The van der Waals surface area contributed by atoms with Crippen LogP contribution >= 0.6 is 0 Å². The molecule has 0 spiro atoms. The minimum atomic E-state index is 0.287. The normalized spacial score (nSPS) is 19.8. The molecule has 1 fully saturated rings. The Labute approximate surface area is 107 Å². The van der Waals surface area contributed by atoms with Gasteiger partial charge in [-0.05, 0) is 65.7 Å². The molecule has 0 atom stereocenters. The van der Waals surface area contributed by atoms with E-state index in [2.05, 4.69) is 43.4 Å². The molecule has 2 N–H and O–H groups in total. The third-order valence-electron chi connectivity index (χ3n) is 4.05. The van der Waals surface area contributed by atoms with E-state index in [4.69, 9.17) is 0 Å². The van der Waals surface area contributed by atoms with Gasteiger partial charge in [-0.2, -0.15) is 0 Å². The average Bonchev–Trinajstić information content (AvgIpc) is 2.29. The first kappa shape index (κ1) is 14.9. The molecule has 3 nitrogen and oxygen atoms in total. The molecule has 1 aliphatic heterocycles. The first-order valence-corrected chi connectivity index (χ1v) is 7.20. The first-order chi connectivity index (χ1) is 8.06. The van der Waals surface area contributed by atoms with Crippen LogP contribution in [0.1, 0.15) is 40.0 Å². The highest BCUT2D eigenvalue weighted by Crippen LogP contribution is 2.27. The van der Waals surface area contributed by atoms with Crippen molar-refractivity contribution < 1.29 is 0 Å². The van der Waals surface area contributed by atoms with Crippen LogP contribution in [-0.4, -0.2) is 50.2 Å². The smallest absolute Gasteiger partial charge is 0.0154 e. The Kier molecular flexibility index (Phi) is 6.45. The third kappa shape index (κ3) is 5.36. The van der Waals surface area contributed by atoms with Crippen molar-refractivity contribution in [2.24, 2.45) is 5.92 Å². The molecule has 0 aromatic heterocycles.